The number of pyridine rings is 1. The zero-order valence-corrected chi connectivity index (χ0v) is 15.2. The smallest absolute Gasteiger partial charge is 0.235 e. The Bertz CT molecular complexity index is 1200. The summed E-state index contributed by atoms with van der Waals surface area (Å²) in [7, 11) is 0. The van der Waals surface area contributed by atoms with Gasteiger partial charge in [0, 0.05) is 10.3 Å². The molecule has 0 aliphatic rings. The second-order valence-electron chi connectivity index (χ2n) is 5.71. The molecule has 2 aromatic carbocycles. The number of hydrogen-bond donors (Lipinski definition) is 0. The van der Waals surface area contributed by atoms with Gasteiger partial charge in [0.05, 0.1) is 11.3 Å². The van der Waals surface area contributed by atoms with Crippen LogP contribution in [-0.2, 0) is 5.75 Å². The molecule has 0 saturated carbocycles. The van der Waals surface area contributed by atoms with Crippen LogP contribution in [0.15, 0.2) is 71.6 Å². The number of hydrogen-bond acceptors (Lipinski definition) is 6. The van der Waals surface area contributed by atoms with Gasteiger partial charge in [-0.3, -0.25) is 0 Å². The van der Waals surface area contributed by atoms with Gasteiger partial charge in [-0.05, 0) is 24.3 Å². The Hall–Kier alpha value is -2.77. The van der Waals surface area contributed by atoms with E-state index in [1.807, 2.05) is 47.0 Å². The van der Waals surface area contributed by atoms with Gasteiger partial charge in [-0.2, -0.15) is 9.61 Å². The first-order valence-corrected chi connectivity index (χ1v) is 9.92. The maximum atomic E-state index is 4.72. The third kappa shape index (κ3) is 2.85. The van der Waals surface area contributed by atoms with Gasteiger partial charge in [-0.1, -0.05) is 53.8 Å². The van der Waals surface area contributed by atoms with Crippen LogP contribution < -0.4 is 0 Å². The topological polar surface area (TPSA) is 56.0 Å². The predicted molar refractivity (Wildman–Crippen MR) is 105 cm³/mol. The molecule has 0 unspecified atom stereocenters. The van der Waals surface area contributed by atoms with Gasteiger partial charge < -0.3 is 0 Å². The molecule has 0 radical (unpaired) electrons. The number of rotatable bonds is 4. The van der Waals surface area contributed by atoms with E-state index in [9.17, 15) is 0 Å². The third-order valence-corrected chi connectivity index (χ3v) is 5.91. The zero-order chi connectivity index (χ0) is 17.3. The molecule has 0 spiro atoms. The lowest BCUT2D eigenvalue weighted by Gasteiger charge is -2.00. The minimum absolute atomic E-state index is 0.722. The first-order valence-electron chi connectivity index (χ1n) is 8.12. The molecule has 0 amide bonds. The lowest BCUT2D eigenvalue weighted by Crippen LogP contribution is -1.94. The van der Waals surface area contributed by atoms with Crippen LogP contribution in [0, 0.1) is 0 Å². The van der Waals surface area contributed by atoms with Gasteiger partial charge in [0.25, 0.3) is 0 Å². The van der Waals surface area contributed by atoms with Gasteiger partial charge in [-0.25, -0.2) is 4.98 Å². The highest BCUT2D eigenvalue weighted by molar-refractivity contribution is 7.98. The second-order valence-corrected chi connectivity index (χ2v) is 7.71. The summed E-state index contributed by atoms with van der Waals surface area (Å²) in [5, 5.41) is 15.2. The Morgan fingerprint density at radius 1 is 0.885 bits per heavy atom. The standard InChI is InChI=1S/C19H13N5S2/c1-2-7-14(8-3-1)25-12-17-21-22-19-24(17)23-18(26-19)16-11-10-13-6-4-5-9-15(13)20-16/h1-11H,12H2. The Kier molecular flexibility index (Phi) is 3.88. The summed E-state index contributed by atoms with van der Waals surface area (Å²) < 4.78 is 1.83. The van der Waals surface area contributed by atoms with Crippen molar-refractivity contribution in [3.05, 3.63) is 72.6 Å². The van der Waals surface area contributed by atoms with E-state index in [1.165, 1.54) is 16.2 Å². The monoisotopic (exact) mass is 375 g/mol. The third-order valence-electron chi connectivity index (χ3n) is 3.98. The fourth-order valence-corrected chi connectivity index (χ4v) is 4.35. The number of thioether (sulfide) groups is 1. The summed E-state index contributed by atoms with van der Waals surface area (Å²) in [6.45, 7) is 0. The summed E-state index contributed by atoms with van der Waals surface area (Å²) in [5.74, 6) is 1.57. The fraction of sp³-hybridized carbons (Fsp3) is 0.0526. The van der Waals surface area contributed by atoms with Crippen molar-refractivity contribution in [2.75, 3.05) is 0 Å². The highest BCUT2D eigenvalue weighted by atomic mass is 32.2. The van der Waals surface area contributed by atoms with E-state index in [0.717, 1.165) is 38.1 Å². The van der Waals surface area contributed by atoms with E-state index < -0.39 is 0 Å². The molecule has 3 aromatic heterocycles. The molecule has 26 heavy (non-hydrogen) atoms. The molecule has 0 aliphatic heterocycles. The van der Waals surface area contributed by atoms with Gasteiger partial charge in [0.2, 0.25) is 4.96 Å². The van der Waals surface area contributed by atoms with Crippen molar-refractivity contribution in [2.24, 2.45) is 0 Å². The number of aromatic nitrogens is 5. The summed E-state index contributed by atoms with van der Waals surface area (Å²) in [6, 6.07) is 22.4. The highest BCUT2D eigenvalue weighted by Gasteiger charge is 2.14. The van der Waals surface area contributed by atoms with Gasteiger partial charge in [-0.15, -0.1) is 22.0 Å². The SMILES string of the molecule is c1ccc(SCc2nnc3sc(-c4ccc5ccccc5n4)nn23)cc1. The van der Waals surface area contributed by atoms with Gasteiger partial charge in [0.15, 0.2) is 10.8 Å². The zero-order valence-electron chi connectivity index (χ0n) is 13.6. The molecule has 0 aliphatic carbocycles. The van der Waals surface area contributed by atoms with Crippen LogP contribution >= 0.6 is 23.1 Å². The summed E-state index contributed by atoms with van der Waals surface area (Å²) in [5.41, 5.74) is 1.83. The molecule has 5 aromatic rings. The average Bonchev–Trinajstić information content (AvgIpc) is 3.28. The molecule has 126 valence electrons. The molecule has 7 heteroatoms. The minimum Gasteiger partial charge on any atom is -0.245 e. The maximum absolute atomic E-state index is 4.72. The summed E-state index contributed by atoms with van der Waals surface area (Å²) >= 11 is 3.23. The van der Waals surface area contributed by atoms with Crippen LogP contribution in [0.1, 0.15) is 5.82 Å². The van der Waals surface area contributed by atoms with Gasteiger partial charge in [0.1, 0.15) is 5.69 Å². The molecule has 0 fully saturated rings. The first-order chi connectivity index (χ1) is 12.9. The average molecular weight is 375 g/mol. The number of fused-ring (bicyclic) bond motifs is 2. The molecule has 0 bridgehead atoms. The number of benzene rings is 2. The van der Waals surface area contributed by atoms with Crippen LogP contribution in [-0.4, -0.2) is 24.8 Å². The Balaban J connectivity index is 1.47. The van der Waals surface area contributed by atoms with E-state index in [2.05, 4.69) is 34.5 Å². The van der Waals surface area contributed by atoms with Crippen molar-refractivity contribution in [2.45, 2.75) is 10.6 Å². The number of para-hydroxylation sites is 1. The minimum atomic E-state index is 0.722. The molecule has 0 N–H and O–H groups in total. The first kappa shape index (κ1) is 15.5. The molecule has 0 saturated heterocycles. The summed E-state index contributed by atoms with van der Waals surface area (Å²) in [6.07, 6.45) is 0. The lowest BCUT2D eigenvalue weighted by molar-refractivity contribution is 0.886. The second kappa shape index (κ2) is 6.51. The van der Waals surface area contributed by atoms with Crippen LogP contribution in [0.2, 0.25) is 0 Å². The van der Waals surface area contributed by atoms with Crippen molar-refractivity contribution in [1.29, 1.82) is 0 Å². The molecular formula is C19H13N5S2. The molecule has 5 rings (SSSR count). The van der Waals surface area contributed by atoms with Crippen LogP contribution in [0.4, 0.5) is 0 Å². The van der Waals surface area contributed by atoms with Crippen LogP contribution in [0.25, 0.3) is 26.6 Å². The fourth-order valence-electron chi connectivity index (χ4n) is 2.70. The molecular weight excluding hydrogens is 362 g/mol. The predicted octanol–water partition coefficient (Wildman–Crippen LogP) is 4.69. The number of nitrogens with zero attached hydrogens (tertiary/aromatic N) is 5. The van der Waals surface area contributed by atoms with E-state index >= 15 is 0 Å². The molecule has 3 heterocycles. The van der Waals surface area contributed by atoms with Crippen molar-refractivity contribution in [1.82, 2.24) is 24.8 Å². The van der Waals surface area contributed by atoms with E-state index in [0.29, 0.717) is 0 Å². The van der Waals surface area contributed by atoms with E-state index in [-0.39, 0.29) is 0 Å². The Labute approximate surface area is 157 Å². The van der Waals surface area contributed by atoms with Crippen molar-refractivity contribution in [3.63, 3.8) is 0 Å². The maximum Gasteiger partial charge on any atom is 0.235 e. The van der Waals surface area contributed by atoms with Crippen LogP contribution in [0.3, 0.4) is 0 Å². The quantitative estimate of drug-likeness (QED) is 0.426. The van der Waals surface area contributed by atoms with E-state index in [1.54, 1.807) is 11.8 Å². The molecule has 5 nitrogen and oxygen atoms in total. The normalized spacial score (nSPS) is 11.4. The highest BCUT2D eigenvalue weighted by Crippen LogP contribution is 2.27. The van der Waals surface area contributed by atoms with Crippen LogP contribution in [0.5, 0.6) is 0 Å². The molecule has 0 atom stereocenters. The Morgan fingerprint density at radius 3 is 2.65 bits per heavy atom. The van der Waals surface area contributed by atoms with Crippen molar-refractivity contribution >= 4 is 39.0 Å². The summed E-state index contributed by atoms with van der Waals surface area (Å²) in [4.78, 5) is 6.72. The van der Waals surface area contributed by atoms with Crippen molar-refractivity contribution in [3.8, 4) is 10.7 Å². The Morgan fingerprint density at radius 2 is 1.73 bits per heavy atom. The lowest BCUT2D eigenvalue weighted by atomic mass is 10.2. The van der Waals surface area contributed by atoms with Crippen molar-refractivity contribution < 1.29 is 0 Å². The van der Waals surface area contributed by atoms with Gasteiger partial charge >= 0.3 is 0 Å². The van der Waals surface area contributed by atoms with E-state index in [4.69, 9.17) is 10.1 Å². The largest absolute Gasteiger partial charge is 0.245 e.